The molecule has 3 aromatic rings. The van der Waals surface area contributed by atoms with E-state index in [4.69, 9.17) is 4.74 Å². The summed E-state index contributed by atoms with van der Waals surface area (Å²) in [5, 5.41) is 17.8. The predicted molar refractivity (Wildman–Crippen MR) is 110 cm³/mol. The topological polar surface area (TPSA) is 99.3 Å². The third kappa shape index (κ3) is 4.57. The minimum atomic E-state index is -0.517. The highest BCUT2D eigenvalue weighted by Gasteiger charge is 2.18. The summed E-state index contributed by atoms with van der Waals surface area (Å²) in [7, 11) is 0. The van der Waals surface area contributed by atoms with Crippen LogP contribution in [0.25, 0.3) is 0 Å². The molecule has 0 aliphatic rings. The van der Waals surface area contributed by atoms with Crippen LogP contribution in [0.3, 0.4) is 0 Å². The molecule has 10 heteroatoms. The molecule has 0 saturated heterocycles. The van der Waals surface area contributed by atoms with E-state index >= 15 is 0 Å². The van der Waals surface area contributed by atoms with Gasteiger partial charge in [0.2, 0.25) is 0 Å². The number of rotatable bonds is 6. The van der Waals surface area contributed by atoms with Crippen molar-refractivity contribution < 1.29 is 14.5 Å². The van der Waals surface area contributed by atoms with Crippen LogP contribution in [0, 0.1) is 17.0 Å². The fraction of sp³-hybridized carbons (Fsp3) is 0.111. The number of hydrogen-bond acceptors (Lipinski definition) is 5. The number of nitro groups is 1. The Labute approximate surface area is 176 Å². The maximum Gasteiger partial charge on any atom is 0.276 e. The molecule has 2 aromatic carbocycles. The molecule has 144 valence electrons. The lowest BCUT2D eigenvalue weighted by molar-refractivity contribution is -0.385. The molecular weight excluding hydrogens is 496 g/mol. The minimum Gasteiger partial charge on any atom is -0.471 e. The molecule has 0 unspecified atom stereocenters. The van der Waals surface area contributed by atoms with Crippen molar-refractivity contribution in [1.82, 2.24) is 9.78 Å². The predicted octanol–water partition coefficient (Wildman–Crippen LogP) is 4.91. The highest BCUT2D eigenvalue weighted by atomic mass is 79.9. The van der Waals surface area contributed by atoms with Gasteiger partial charge in [0.15, 0.2) is 12.4 Å². The van der Waals surface area contributed by atoms with E-state index in [1.54, 1.807) is 12.3 Å². The molecule has 0 aliphatic heterocycles. The first-order chi connectivity index (χ1) is 13.3. The molecule has 1 aromatic heterocycles. The average molecular weight is 510 g/mol. The molecule has 1 N–H and O–H groups in total. The molecule has 0 bridgehead atoms. The number of carbonyl (C=O) groups excluding carboxylic acids is 1. The Balaban J connectivity index is 1.69. The smallest absolute Gasteiger partial charge is 0.276 e. The molecule has 0 saturated carbocycles. The first kappa shape index (κ1) is 20.0. The van der Waals surface area contributed by atoms with Crippen molar-refractivity contribution in [2.45, 2.75) is 13.7 Å². The lowest BCUT2D eigenvalue weighted by Crippen LogP contribution is -2.15. The van der Waals surface area contributed by atoms with E-state index < -0.39 is 10.8 Å². The second-order valence-corrected chi connectivity index (χ2v) is 7.48. The van der Waals surface area contributed by atoms with Crippen molar-refractivity contribution in [3.63, 3.8) is 0 Å². The van der Waals surface area contributed by atoms with Gasteiger partial charge >= 0.3 is 0 Å². The van der Waals surface area contributed by atoms with Crippen LogP contribution in [-0.4, -0.2) is 20.6 Å². The van der Waals surface area contributed by atoms with Crippen molar-refractivity contribution in [3.05, 3.63) is 79.0 Å². The van der Waals surface area contributed by atoms with Crippen molar-refractivity contribution in [2.75, 3.05) is 5.32 Å². The van der Waals surface area contributed by atoms with Gasteiger partial charge in [-0.2, -0.15) is 5.10 Å². The third-order valence-electron chi connectivity index (χ3n) is 3.80. The van der Waals surface area contributed by atoms with E-state index in [2.05, 4.69) is 42.3 Å². The number of non-ortho nitro benzene ring substituents is 1. The molecule has 0 fully saturated rings. The number of anilines is 1. The van der Waals surface area contributed by atoms with Crippen LogP contribution in [0.5, 0.6) is 5.75 Å². The number of benzene rings is 2. The number of aryl methyl sites for hydroxylation is 1. The van der Waals surface area contributed by atoms with Crippen LogP contribution in [0.2, 0.25) is 0 Å². The number of ether oxygens (including phenoxy) is 1. The number of amides is 1. The number of nitrogens with one attached hydrogen (secondary N) is 1. The summed E-state index contributed by atoms with van der Waals surface area (Å²) in [5.74, 6) is 0.285. The monoisotopic (exact) mass is 508 g/mol. The Morgan fingerprint density at radius 2 is 1.93 bits per heavy atom. The molecule has 0 radical (unpaired) electrons. The van der Waals surface area contributed by atoms with E-state index in [9.17, 15) is 14.9 Å². The quantitative estimate of drug-likeness (QED) is 0.375. The fourth-order valence-corrected chi connectivity index (χ4v) is 3.73. The maximum atomic E-state index is 12.5. The Bertz CT molecular complexity index is 1030. The molecule has 1 amide bonds. The highest BCUT2D eigenvalue weighted by molar-refractivity contribution is 9.11. The van der Waals surface area contributed by atoms with Gasteiger partial charge < -0.3 is 10.1 Å². The Hall–Kier alpha value is -2.72. The molecule has 3 rings (SSSR count). The number of hydrogen-bond donors (Lipinski definition) is 1. The van der Waals surface area contributed by atoms with E-state index in [0.29, 0.717) is 14.6 Å². The van der Waals surface area contributed by atoms with E-state index in [-0.39, 0.29) is 18.1 Å². The average Bonchev–Trinajstić information content (AvgIpc) is 3.13. The van der Waals surface area contributed by atoms with Gasteiger partial charge in [0.25, 0.3) is 11.6 Å². The SMILES string of the molecule is Cc1ccccc1OCn1ccc(C(=O)Nc2c(Br)cc([N+](=O)[O-])cc2Br)n1. The standard InChI is InChI=1S/C18H14Br2N4O4/c1-11-4-2-3-5-16(11)28-10-23-7-6-15(22-23)18(25)21-17-13(19)8-12(24(26)27)9-14(17)20/h2-9H,10H2,1H3,(H,21,25). The van der Waals surface area contributed by atoms with Gasteiger partial charge in [0.1, 0.15) is 5.75 Å². The van der Waals surface area contributed by atoms with E-state index in [0.717, 1.165) is 11.3 Å². The summed E-state index contributed by atoms with van der Waals surface area (Å²) in [5.41, 5.74) is 1.46. The first-order valence-electron chi connectivity index (χ1n) is 8.02. The molecule has 0 atom stereocenters. The van der Waals surface area contributed by atoms with Crippen molar-refractivity contribution >= 4 is 49.1 Å². The van der Waals surface area contributed by atoms with Gasteiger partial charge in [-0.05, 0) is 56.5 Å². The summed E-state index contributed by atoms with van der Waals surface area (Å²) >= 11 is 6.47. The summed E-state index contributed by atoms with van der Waals surface area (Å²) in [6.07, 6.45) is 1.63. The summed E-state index contributed by atoms with van der Waals surface area (Å²) in [4.78, 5) is 22.9. The summed E-state index contributed by atoms with van der Waals surface area (Å²) < 4.78 is 7.96. The molecule has 28 heavy (non-hydrogen) atoms. The maximum absolute atomic E-state index is 12.5. The molecule has 8 nitrogen and oxygen atoms in total. The number of nitrogens with zero attached hydrogens (tertiary/aromatic N) is 3. The van der Waals surface area contributed by atoms with Crippen LogP contribution in [-0.2, 0) is 6.73 Å². The van der Waals surface area contributed by atoms with Gasteiger partial charge in [0, 0.05) is 27.3 Å². The highest BCUT2D eigenvalue weighted by Crippen LogP contribution is 2.35. The third-order valence-corrected chi connectivity index (χ3v) is 5.05. The summed E-state index contributed by atoms with van der Waals surface area (Å²) in [6, 6.07) is 11.8. The van der Waals surface area contributed by atoms with Crippen molar-refractivity contribution in [2.24, 2.45) is 0 Å². The number of carbonyl (C=O) groups is 1. The molecule has 0 spiro atoms. The summed E-state index contributed by atoms with van der Waals surface area (Å²) in [6.45, 7) is 2.10. The van der Waals surface area contributed by atoms with Gasteiger partial charge in [-0.1, -0.05) is 18.2 Å². The van der Waals surface area contributed by atoms with E-state index in [1.165, 1.54) is 16.8 Å². The van der Waals surface area contributed by atoms with Crippen molar-refractivity contribution in [1.29, 1.82) is 0 Å². The Kier molecular flexibility index (Phi) is 6.10. The number of nitro benzene ring substituents is 1. The van der Waals surface area contributed by atoms with Crippen LogP contribution in [0.1, 0.15) is 16.1 Å². The molecule has 1 heterocycles. The number of para-hydroxylation sites is 1. The van der Waals surface area contributed by atoms with Crippen molar-refractivity contribution in [3.8, 4) is 5.75 Å². The second-order valence-electron chi connectivity index (χ2n) is 5.78. The second kappa shape index (κ2) is 8.53. The van der Waals surface area contributed by atoms with Gasteiger partial charge in [-0.3, -0.25) is 14.9 Å². The zero-order chi connectivity index (χ0) is 20.3. The Morgan fingerprint density at radius 3 is 2.57 bits per heavy atom. The van der Waals surface area contributed by atoms with Gasteiger partial charge in [-0.15, -0.1) is 0 Å². The molecule has 0 aliphatic carbocycles. The lowest BCUT2D eigenvalue weighted by Gasteiger charge is -2.09. The zero-order valence-corrected chi connectivity index (χ0v) is 17.7. The lowest BCUT2D eigenvalue weighted by atomic mass is 10.2. The van der Waals surface area contributed by atoms with E-state index in [1.807, 2.05) is 31.2 Å². The normalized spacial score (nSPS) is 10.5. The number of halogens is 2. The minimum absolute atomic E-state index is 0.102. The zero-order valence-electron chi connectivity index (χ0n) is 14.6. The van der Waals surface area contributed by atoms with Crippen LogP contribution in [0.15, 0.2) is 57.6 Å². The van der Waals surface area contributed by atoms with Crippen LogP contribution >= 0.6 is 31.9 Å². The van der Waals surface area contributed by atoms with Gasteiger partial charge in [-0.25, -0.2) is 4.68 Å². The largest absolute Gasteiger partial charge is 0.471 e. The number of aromatic nitrogens is 2. The van der Waals surface area contributed by atoms with Gasteiger partial charge in [0.05, 0.1) is 10.6 Å². The Morgan fingerprint density at radius 1 is 1.25 bits per heavy atom. The van der Waals surface area contributed by atoms with Crippen LogP contribution in [0.4, 0.5) is 11.4 Å². The fourth-order valence-electron chi connectivity index (χ4n) is 2.37. The van der Waals surface area contributed by atoms with Crippen LogP contribution < -0.4 is 10.1 Å². The first-order valence-corrected chi connectivity index (χ1v) is 9.60. The molecular formula is C18H14Br2N4O4.